The van der Waals surface area contributed by atoms with E-state index in [1.54, 1.807) is 24.3 Å². The highest BCUT2D eigenvalue weighted by Crippen LogP contribution is 2.23. The number of ketones is 1. The highest BCUT2D eigenvalue weighted by Gasteiger charge is 2.34. The first-order valence-electron chi connectivity index (χ1n) is 4.49. The number of hydrogen-bond donors (Lipinski definition) is 2. The second-order valence-electron chi connectivity index (χ2n) is 3.65. The van der Waals surface area contributed by atoms with Gasteiger partial charge in [-0.25, -0.2) is 0 Å². The first kappa shape index (κ1) is 10.9. The van der Waals surface area contributed by atoms with Crippen LogP contribution in [0.2, 0.25) is 0 Å². The largest absolute Gasteiger partial charge is 0.386 e. The third-order valence-electron chi connectivity index (χ3n) is 2.44. The Balaban J connectivity index is 2.96. The van der Waals surface area contributed by atoms with Gasteiger partial charge in [0.2, 0.25) is 0 Å². The molecule has 1 rings (SSSR count). The summed E-state index contributed by atoms with van der Waals surface area (Å²) in [6.45, 7) is 2.92. The Hall–Kier alpha value is -1.19. The Morgan fingerprint density at radius 3 is 2.36 bits per heavy atom. The number of carbonyl (C=O) groups is 1. The van der Waals surface area contributed by atoms with Crippen LogP contribution in [0.25, 0.3) is 0 Å². The Labute approximate surface area is 83.6 Å². The van der Waals surface area contributed by atoms with Gasteiger partial charge in [0.25, 0.3) is 0 Å². The summed E-state index contributed by atoms with van der Waals surface area (Å²) in [5.41, 5.74) is 5.17. The van der Waals surface area contributed by atoms with E-state index >= 15 is 0 Å². The number of carbonyl (C=O) groups excluding carboxylic acids is 1. The molecule has 0 aliphatic rings. The molecule has 3 nitrogen and oxygen atoms in total. The fourth-order valence-electron chi connectivity index (χ4n) is 1.17. The standard InChI is InChI=1S/C11H15NO2/c1-8(13)11(2,12)10(14)9-6-4-3-5-7-9/h3-7,10,14H,12H2,1-2H3. The van der Waals surface area contributed by atoms with Gasteiger partial charge >= 0.3 is 0 Å². The predicted molar refractivity (Wildman–Crippen MR) is 54.7 cm³/mol. The van der Waals surface area contributed by atoms with Gasteiger partial charge in [-0.3, -0.25) is 4.79 Å². The van der Waals surface area contributed by atoms with Gasteiger partial charge in [-0.15, -0.1) is 0 Å². The van der Waals surface area contributed by atoms with E-state index in [2.05, 4.69) is 0 Å². The summed E-state index contributed by atoms with van der Waals surface area (Å²) in [6.07, 6.45) is -0.957. The molecule has 0 aliphatic carbocycles. The van der Waals surface area contributed by atoms with Crippen LogP contribution in [0.15, 0.2) is 30.3 Å². The predicted octanol–water partition coefficient (Wildman–Crippen LogP) is 1.03. The molecular weight excluding hydrogens is 178 g/mol. The summed E-state index contributed by atoms with van der Waals surface area (Å²) in [6, 6.07) is 8.94. The van der Waals surface area contributed by atoms with Gasteiger partial charge in [0.1, 0.15) is 11.6 Å². The van der Waals surface area contributed by atoms with E-state index in [0.29, 0.717) is 5.56 Å². The molecule has 1 aromatic carbocycles. The monoisotopic (exact) mass is 193 g/mol. The maximum atomic E-state index is 11.2. The van der Waals surface area contributed by atoms with Crippen LogP contribution < -0.4 is 5.73 Å². The molecule has 0 aliphatic heterocycles. The third kappa shape index (κ3) is 2.00. The van der Waals surface area contributed by atoms with E-state index in [9.17, 15) is 9.90 Å². The lowest BCUT2D eigenvalue weighted by Crippen LogP contribution is -2.49. The lowest BCUT2D eigenvalue weighted by Gasteiger charge is -2.27. The summed E-state index contributed by atoms with van der Waals surface area (Å²) in [5, 5.41) is 9.87. The fourth-order valence-corrected chi connectivity index (χ4v) is 1.17. The van der Waals surface area contributed by atoms with E-state index in [0.717, 1.165) is 0 Å². The molecule has 1 aromatic rings. The number of benzene rings is 1. The van der Waals surface area contributed by atoms with Crippen molar-refractivity contribution >= 4 is 5.78 Å². The highest BCUT2D eigenvalue weighted by atomic mass is 16.3. The van der Waals surface area contributed by atoms with Gasteiger partial charge in [0, 0.05) is 0 Å². The summed E-state index contributed by atoms with van der Waals surface area (Å²) in [4.78, 5) is 11.2. The minimum atomic E-state index is -1.22. The van der Waals surface area contributed by atoms with Crippen LogP contribution in [0.4, 0.5) is 0 Å². The Morgan fingerprint density at radius 2 is 1.93 bits per heavy atom. The second kappa shape index (κ2) is 3.90. The smallest absolute Gasteiger partial charge is 0.152 e. The topological polar surface area (TPSA) is 63.3 Å². The summed E-state index contributed by atoms with van der Waals surface area (Å²) in [7, 11) is 0. The van der Waals surface area contributed by atoms with Gasteiger partial charge in [0.15, 0.2) is 5.78 Å². The van der Waals surface area contributed by atoms with Crippen molar-refractivity contribution in [3.63, 3.8) is 0 Å². The lowest BCUT2D eigenvalue weighted by atomic mass is 9.87. The van der Waals surface area contributed by atoms with Crippen molar-refractivity contribution in [3.8, 4) is 0 Å². The number of aliphatic hydroxyl groups excluding tert-OH is 1. The third-order valence-corrected chi connectivity index (χ3v) is 2.44. The van der Waals surface area contributed by atoms with Gasteiger partial charge in [-0.2, -0.15) is 0 Å². The van der Waals surface area contributed by atoms with E-state index in [1.807, 2.05) is 6.07 Å². The molecule has 0 bridgehead atoms. The van der Waals surface area contributed by atoms with Crippen molar-refractivity contribution in [2.75, 3.05) is 0 Å². The van der Waals surface area contributed by atoms with Crippen LogP contribution in [0.1, 0.15) is 25.5 Å². The molecule has 0 amide bonds. The van der Waals surface area contributed by atoms with Gasteiger partial charge in [-0.05, 0) is 19.4 Å². The molecule has 0 heterocycles. The average Bonchev–Trinajstić information content (AvgIpc) is 2.17. The molecule has 0 spiro atoms. The van der Waals surface area contributed by atoms with Crippen LogP contribution in [0.3, 0.4) is 0 Å². The molecule has 0 saturated carbocycles. The van der Waals surface area contributed by atoms with Crippen molar-refractivity contribution in [3.05, 3.63) is 35.9 Å². The number of hydrogen-bond acceptors (Lipinski definition) is 3. The van der Waals surface area contributed by atoms with Crippen LogP contribution in [0, 0.1) is 0 Å². The zero-order chi connectivity index (χ0) is 10.8. The highest BCUT2D eigenvalue weighted by molar-refractivity contribution is 5.86. The number of aliphatic hydroxyl groups is 1. The average molecular weight is 193 g/mol. The van der Waals surface area contributed by atoms with Crippen LogP contribution in [-0.2, 0) is 4.79 Å². The van der Waals surface area contributed by atoms with Gasteiger partial charge in [0.05, 0.1) is 0 Å². The number of nitrogens with two attached hydrogens (primary N) is 1. The lowest BCUT2D eigenvalue weighted by molar-refractivity contribution is -0.125. The molecule has 76 valence electrons. The molecule has 0 radical (unpaired) electrons. The number of Topliss-reactive ketones (excluding diaryl/α,β-unsaturated/α-hetero) is 1. The van der Waals surface area contributed by atoms with E-state index in [1.165, 1.54) is 13.8 Å². The summed E-state index contributed by atoms with van der Waals surface area (Å²) in [5.74, 6) is -0.228. The molecule has 0 aromatic heterocycles. The van der Waals surface area contributed by atoms with E-state index in [4.69, 9.17) is 5.73 Å². The van der Waals surface area contributed by atoms with Gasteiger partial charge < -0.3 is 10.8 Å². The van der Waals surface area contributed by atoms with Crippen molar-refractivity contribution in [2.45, 2.75) is 25.5 Å². The minimum absolute atomic E-state index is 0.228. The Bertz CT molecular complexity index is 319. The quantitative estimate of drug-likeness (QED) is 0.753. The number of rotatable bonds is 3. The van der Waals surface area contributed by atoms with E-state index < -0.39 is 11.6 Å². The van der Waals surface area contributed by atoms with Crippen molar-refractivity contribution < 1.29 is 9.90 Å². The first-order valence-corrected chi connectivity index (χ1v) is 4.49. The molecule has 2 atom stereocenters. The fraction of sp³-hybridized carbons (Fsp3) is 0.364. The molecule has 0 saturated heterocycles. The summed E-state index contributed by atoms with van der Waals surface area (Å²) >= 11 is 0. The zero-order valence-electron chi connectivity index (χ0n) is 8.40. The van der Waals surface area contributed by atoms with Crippen molar-refractivity contribution in [2.24, 2.45) is 5.73 Å². The Morgan fingerprint density at radius 1 is 1.43 bits per heavy atom. The Kier molecular flexibility index (Phi) is 3.03. The maximum Gasteiger partial charge on any atom is 0.152 e. The van der Waals surface area contributed by atoms with Crippen molar-refractivity contribution in [1.82, 2.24) is 0 Å². The first-order chi connectivity index (χ1) is 6.46. The van der Waals surface area contributed by atoms with Crippen molar-refractivity contribution in [1.29, 1.82) is 0 Å². The molecule has 0 fully saturated rings. The molecule has 3 N–H and O–H groups in total. The molecule has 3 heteroatoms. The minimum Gasteiger partial charge on any atom is -0.386 e. The molecular formula is C11H15NO2. The van der Waals surface area contributed by atoms with Crippen LogP contribution in [0.5, 0.6) is 0 Å². The summed E-state index contributed by atoms with van der Waals surface area (Å²) < 4.78 is 0. The molecule has 14 heavy (non-hydrogen) atoms. The second-order valence-corrected chi connectivity index (χ2v) is 3.65. The normalized spacial score (nSPS) is 17.1. The van der Waals surface area contributed by atoms with Crippen LogP contribution in [-0.4, -0.2) is 16.4 Å². The van der Waals surface area contributed by atoms with Gasteiger partial charge in [-0.1, -0.05) is 30.3 Å². The maximum absolute atomic E-state index is 11.2. The zero-order valence-corrected chi connectivity index (χ0v) is 8.40. The van der Waals surface area contributed by atoms with E-state index in [-0.39, 0.29) is 5.78 Å². The van der Waals surface area contributed by atoms with Crippen LogP contribution >= 0.6 is 0 Å². The SMILES string of the molecule is CC(=O)C(C)(N)C(O)c1ccccc1. The molecule has 2 unspecified atom stereocenters.